The van der Waals surface area contributed by atoms with Crippen molar-refractivity contribution in [1.29, 1.82) is 0 Å². The van der Waals surface area contributed by atoms with Gasteiger partial charge in [-0.1, -0.05) is 12.1 Å². The fraction of sp³-hybridized carbons (Fsp3) is 0.467. The van der Waals surface area contributed by atoms with Gasteiger partial charge in [0, 0.05) is 6.04 Å². The zero-order chi connectivity index (χ0) is 15.8. The van der Waals surface area contributed by atoms with Crippen LogP contribution in [0.25, 0.3) is 0 Å². The standard InChI is InChI=1S/C15H22N2O4/c1-10(2)17-14(18)9-21-12-6-4-11(5-7-12)8-13(16)15(19)20-3/h4-7,10,13H,8-9,16H2,1-3H3,(H,17,18). The number of hydrogen-bond donors (Lipinski definition) is 2. The first kappa shape index (κ1) is 17.0. The van der Waals surface area contributed by atoms with E-state index in [2.05, 4.69) is 10.1 Å². The molecule has 0 aliphatic heterocycles. The van der Waals surface area contributed by atoms with Gasteiger partial charge < -0.3 is 20.5 Å². The van der Waals surface area contributed by atoms with Crippen molar-refractivity contribution in [2.75, 3.05) is 13.7 Å². The molecule has 0 spiro atoms. The molecule has 0 aliphatic carbocycles. The predicted octanol–water partition coefficient (Wildman–Crippen LogP) is 0.633. The van der Waals surface area contributed by atoms with E-state index in [4.69, 9.17) is 10.5 Å². The topological polar surface area (TPSA) is 90.7 Å². The summed E-state index contributed by atoms with van der Waals surface area (Å²) in [5.41, 5.74) is 6.58. The van der Waals surface area contributed by atoms with E-state index in [1.165, 1.54) is 7.11 Å². The third kappa shape index (κ3) is 6.27. The van der Waals surface area contributed by atoms with E-state index in [0.29, 0.717) is 12.2 Å². The molecule has 21 heavy (non-hydrogen) atoms. The molecule has 0 saturated carbocycles. The van der Waals surface area contributed by atoms with Crippen LogP contribution in [0.15, 0.2) is 24.3 Å². The summed E-state index contributed by atoms with van der Waals surface area (Å²) in [4.78, 5) is 22.7. The van der Waals surface area contributed by atoms with Gasteiger partial charge in [0.2, 0.25) is 0 Å². The SMILES string of the molecule is COC(=O)C(N)Cc1ccc(OCC(=O)NC(C)C)cc1. The third-order valence-electron chi connectivity index (χ3n) is 2.70. The molecule has 6 heteroatoms. The predicted molar refractivity (Wildman–Crippen MR) is 78.9 cm³/mol. The molecule has 1 aromatic carbocycles. The van der Waals surface area contributed by atoms with Crippen LogP contribution in [0.2, 0.25) is 0 Å². The van der Waals surface area contributed by atoms with E-state index < -0.39 is 12.0 Å². The molecule has 116 valence electrons. The summed E-state index contributed by atoms with van der Waals surface area (Å²) in [5, 5.41) is 2.74. The van der Waals surface area contributed by atoms with Gasteiger partial charge in [0.25, 0.3) is 5.91 Å². The average molecular weight is 294 g/mol. The Balaban J connectivity index is 2.47. The second-order valence-corrected chi connectivity index (χ2v) is 4.99. The molecule has 1 aromatic rings. The van der Waals surface area contributed by atoms with Gasteiger partial charge in [-0.15, -0.1) is 0 Å². The average Bonchev–Trinajstić information content (AvgIpc) is 2.44. The van der Waals surface area contributed by atoms with Gasteiger partial charge in [-0.2, -0.15) is 0 Å². The van der Waals surface area contributed by atoms with Gasteiger partial charge in [0.05, 0.1) is 7.11 Å². The molecule has 0 aliphatic rings. The first-order valence-electron chi connectivity index (χ1n) is 6.77. The number of amides is 1. The molecule has 0 aromatic heterocycles. The zero-order valence-electron chi connectivity index (χ0n) is 12.6. The van der Waals surface area contributed by atoms with Gasteiger partial charge in [-0.05, 0) is 38.0 Å². The number of nitrogens with two attached hydrogens (primary N) is 1. The molecule has 0 heterocycles. The molecule has 0 bridgehead atoms. The lowest BCUT2D eigenvalue weighted by molar-refractivity contribution is -0.142. The molecular formula is C15H22N2O4. The minimum Gasteiger partial charge on any atom is -0.484 e. The van der Waals surface area contributed by atoms with Gasteiger partial charge in [0.15, 0.2) is 6.61 Å². The number of benzene rings is 1. The smallest absolute Gasteiger partial charge is 0.322 e. The summed E-state index contributed by atoms with van der Waals surface area (Å²) in [6.45, 7) is 3.74. The summed E-state index contributed by atoms with van der Waals surface area (Å²) in [6, 6.07) is 6.49. The van der Waals surface area contributed by atoms with E-state index in [1.807, 2.05) is 13.8 Å². The first-order chi connectivity index (χ1) is 9.92. The van der Waals surface area contributed by atoms with E-state index in [1.54, 1.807) is 24.3 Å². The van der Waals surface area contributed by atoms with Crippen LogP contribution in [0.4, 0.5) is 0 Å². The molecule has 0 fully saturated rings. The van der Waals surface area contributed by atoms with Crippen LogP contribution in [0, 0.1) is 0 Å². The Labute approximate surface area is 124 Å². The monoisotopic (exact) mass is 294 g/mol. The summed E-state index contributed by atoms with van der Waals surface area (Å²) in [6.07, 6.45) is 0.390. The maximum absolute atomic E-state index is 11.4. The maximum Gasteiger partial charge on any atom is 0.322 e. The van der Waals surface area contributed by atoms with Crippen molar-refractivity contribution in [1.82, 2.24) is 5.32 Å². The lowest BCUT2D eigenvalue weighted by atomic mass is 10.1. The van der Waals surface area contributed by atoms with Crippen LogP contribution in [-0.4, -0.2) is 37.7 Å². The highest BCUT2D eigenvalue weighted by molar-refractivity contribution is 5.77. The lowest BCUT2D eigenvalue weighted by Crippen LogP contribution is -2.34. The number of hydrogen-bond acceptors (Lipinski definition) is 5. The quantitative estimate of drug-likeness (QED) is 0.720. The number of esters is 1. The molecule has 3 N–H and O–H groups in total. The van der Waals surface area contributed by atoms with Gasteiger partial charge in [-0.3, -0.25) is 9.59 Å². The van der Waals surface area contributed by atoms with E-state index in [-0.39, 0.29) is 18.6 Å². The molecule has 1 unspecified atom stereocenters. The highest BCUT2D eigenvalue weighted by atomic mass is 16.5. The second-order valence-electron chi connectivity index (χ2n) is 4.99. The molecule has 0 saturated heterocycles. The van der Waals surface area contributed by atoms with Crippen LogP contribution >= 0.6 is 0 Å². The summed E-state index contributed by atoms with van der Waals surface area (Å²) in [7, 11) is 1.31. The van der Waals surface area contributed by atoms with Crippen molar-refractivity contribution >= 4 is 11.9 Å². The van der Waals surface area contributed by atoms with Gasteiger partial charge in [-0.25, -0.2) is 0 Å². The van der Waals surface area contributed by atoms with Gasteiger partial charge in [0.1, 0.15) is 11.8 Å². The van der Waals surface area contributed by atoms with Crippen LogP contribution in [-0.2, 0) is 20.7 Å². The molecule has 1 rings (SSSR count). The highest BCUT2D eigenvalue weighted by Crippen LogP contribution is 2.13. The van der Waals surface area contributed by atoms with Crippen molar-refractivity contribution in [2.24, 2.45) is 5.73 Å². The number of ether oxygens (including phenoxy) is 2. The minimum absolute atomic E-state index is 0.0286. The minimum atomic E-state index is -0.682. The zero-order valence-corrected chi connectivity index (χ0v) is 12.6. The molecule has 6 nitrogen and oxygen atoms in total. The van der Waals surface area contributed by atoms with E-state index in [0.717, 1.165) is 5.56 Å². The van der Waals surface area contributed by atoms with Crippen molar-refractivity contribution in [3.05, 3.63) is 29.8 Å². The highest BCUT2D eigenvalue weighted by Gasteiger charge is 2.14. The lowest BCUT2D eigenvalue weighted by Gasteiger charge is -2.11. The summed E-state index contributed by atoms with van der Waals surface area (Å²) >= 11 is 0. The molecule has 1 atom stereocenters. The number of methoxy groups -OCH3 is 1. The third-order valence-corrected chi connectivity index (χ3v) is 2.70. The summed E-state index contributed by atoms with van der Waals surface area (Å²) < 4.78 is 9.93. The van der Waals surface area contributed by atoms with Crippen molar-refractivity contribution < 1.29 is 19.1 Å². The van der Waals surface area contributed by atoms with E-state index >= 15 is 0 Å². The van der Waals surface area contributed by atoms with Crippen LogP contribution < -0.4 is 15.8 Å². The van der Waals surface area contributed by atoms with Crippen molar-refractivity contribution in [3.8, 4) is 5.75 Å². The van der Waals surface area contributed by atoms with Gasteiger partial charge >= 0.3 is 5.97 Å². The van der Waals surface area contributed by atoms with Crippen LogP contribution in [0.5, 0.6) is 5.75 Å². The number of carbonyl (C=O) groups excluding carboxylic acids is 2. The Kier molecular flexibility index (Phi) is 6.68. The molecule has 1 amide bonds. The number of rotatable bonds is 7. The van der Waals surface area contributed by atoms with Crippen LogP contribution in [0.1, 0.15) is 19.4 Å². The largest absolute Gasteiger partial charge is 0.484 e. The number of carbonyl (C=O) groups is 2. The Bertz CT molecular complexity index is 471. The first-order valence-corrected chi connectivity index (χ1v) is 6.77. The Morgan fingerprint density at radius 3 is 2.38 bits per heavy atom. The van der Waals surface area contributed by atoms with Crippen LogP contribution in [0.3, 0.4) is 0 Å². The fourth-order valence-corrected chi connectivity index (χ4v) is 1.72. The molecule has 0 radical (unpaired) electrons. The Morgan fingerprint density at radius 2 is 1.86 bits per heavy atom. The Morgan fingerprint density at radius 1 is 1.24 bits per heavy atom. The van der Waals surface area contributed by atoms with Crippen molar-refractivity contribution in [2.45, 2.75) is 32.4 Å². The maximum atomic E-state index is 11.4. The number of nitrogens with one attached hydrogen (secondary N) is 1. The summed E-state index contributed by atoms with van der Waals surface area (Å²) in [5.74, 6) is -0.0215. The molecular weight excluding hydrogens is 272 g/mol. The van der Waals surface area contributed by atoms with Crippen molar-refractivity contribution in [3.63, 3.8) is 0 Å². The Hall–Kier alpha value is -2.08. The second kappa shape index (κ2) is 8.26. The normalized spacial score (nSPS) is 11.9. The fourth-order valence-electron chi connectivity index (χ4n) is 1.72. The van der Waals surface area contributed by atoms with E-state index in [9.17, 15) is 9.59 Å².